The molecule has 2 amide bonds. The third-order valence-corrected chi connectivity index (χ3v) is 7.27. The lowest BCUT2D eigenvalue weighted by Crippen LogP contribution is -2.53. The Balaban J connectivity index is 1.21. The van der Waals surface area contributed by atoms with Crippen LogP contribution in [-0.2, 0) is 16.6 Å². The number of carbonyl (C=O) groups is 2. The van der Waals surface area contributed by atoms with Gasteiger partial charge in [-0.15, -0.1) is 0 Å². The van der Waals surface area contributed by atoms with E-state index in [-0.39, 0.29) is 17.9 Å². The molecule has 0 spiro atoms. The Bertz CT molecular complexity index is 1290. The van der Waals surface area contributed by atoms with Crippen LogP contribution in [0.4, 0.5) is 10.5 Å². The third kappa shape index (κ3) is 5.43. The Morgan fingerprint density at radius 2 is 1.70 bits per heavy atom. The number of likely N-dealkylation sites (tertiary alicyclic amines) is 1. The van der Waals surface area contributed by atoms with Crippen molar-refractivity contribution in [3.8, 4) is 11.4 Å². The average molecular weight is 504 g/mol. The predicted octanol–water partition coefficient (Wildman–Crippen LogP) is 4.54. The van der Waals surface area contributed by atoms with Crippen molar-refractivity contribution >= 4 is 28.7 Å². The SMILES string of the molecule is Cn1c(-c2cccc(N3CCN(C(=O)C4CCCN(C(=O)OC(C)(C)C)C4)CC3)c2)nc2ccccc21. The number of anilines is 1. The molecule has 0 radical (unpaired) electrons. The molecule has 2 fully saturated rings. The molecule has 5 rings (SSSR count). The van der Waals surface area contributed by atoms with E-state index >= 15 is 0 Å². The van der Waals surface area contributed by atoms with Gasteiger partial charge in [0.25, 0.3) is 0 Å². The van der Waals surface area contributed by atoms with Gasteiger partial charge in [0.15, 0.2) is 0 Å². The van der Waals surface area contributed by atoms with E-state index in [0.29, 0.717) is 26.2 Å². The van der Waals surface area contributed by atoms with Crippen LogP contribution in [0.5, 0.6) is 0 Å². The molecular formula is C29H37N5O3. The molecule has 0 N–H and O–H groups in total. The zero-order valence-corrected chi connectivity index (χ0v) is 22.3. The highest BCUT2D eigenvalue weighted by molar-refractivity contribution is 5.82. The van der Waals surface area contributed by atoms with E-state index in [2.05, 4.69) is 46.8 Å². The number of piperidine rings is 1. The Labute approximate surface area is 218 Å². The molecule has 2 aliphatic rings. The highest BCUT2D eigenvalue weighted by atomic mass is 16.6. The maximum absolute atomic E-state index is 13.3. The van der Waals surface area contributed by atoms with Crippen LogP contribution in [0.3, 0.4) is 0 Å². The molecule has 1 unspecified atom stereocenters. The van der Waals surface area contributed by atoms with Crippen LogP contribution in [0.25, 0.3) is 22.4 Å². The van der Waals surface area contributed by atoms with Gasteiger partial charge in [-0.1, -0.05) is 24.3 Å². The molecule has 8 heteroatoms. The number of imidazole rings is 1. The summed E-state index contributed by atoms with van der Waals surface area (Å²) in [6.45, 7) is 9.60. The number of fused-ring (bicyclic) bond motifs is 1. The van der Waals surface area contributed by atoms with Gasteiger partial charge in [0, 0.05) is 57.6 Å². The number of aryl methyl sites for hydroxylation is 1. The number of para-hydroxylation sites is 2. The minimum atomic E-state index is -0.536. The summed E-state index contributed by atoms with van der Waals surface area (Å²) >= 11 is 0. The number of ether oxygens (including phenoxy) is 1. The third-order valence-electron chi connectivity index (χ3n) is 7.27. The number of nitrogens with zero attached hydrogens (tertiary/aromatic N) is 5. The summed E-state index contributed by atoms with van der Waals surface area (Å²) in [6, 6.07) is 16.7. The lowest BCUT2D eigenvalue weighted by Gasteiger charge is -2.40. The standard InChI is InChI=1S/C29H37N5O3/c1-29(2,3)37-28(36)34-14-8-10-22(20-34)27(35)33-17-15-32(16-18-33)23-11-7-9-21(19-23)26-30-24-12-5-6-13-25(24)31(26)4/h5-7,9,11-13,19,22H,8,10,14-18,20H2,1-4H3. The molecule has 0 bridgehead atoms. The van der Waals surface area contributed by atoms with Crippen molar-refractivity contribution in [2.24, 2.45) is 13.0 Å². The number of piperazine rings is 1. The molecule has 1 atom stereocenters. The number of aromatic nitrogens is 2. The molecule has 3 heterocycles. The molecule has 0 aliphatic carbocycles. The van der Waals surface area contributed by atoms with Crippen LogP contribution in [0, 0.1) is 5.92 Å². The Hall–Kier alpha value is -3.55. The fraction of sp³-hybridized carbons (Fsp3) is 0.483. The van der Waals surface area contributed by atoms with Gasteiger partial charge in [0.1, 0.15) is 11.4 Å². The summed E-state index contributed by atoms with van der Waals surface area (Å²) in [7, 11) is 2.05. The van der Waals surface area contributed by atoms with Crippen LogP contribution < -0.4 is 4.90 Å². The highest BCUT2D eigenvalue weighted by Crippen LogP contribution is 2.28. The molecule has 2 aliphatic heterocycles. The van der Waals surface area contributed by atoms with E-state index in [4.69, 9.17) is 9.72 Å². The molecule has 3 aromatic rings. The number of carbonyl (C=O) groups excluding carboxylic acids is 2. The van der Waals surface area contributed by atoms with Gasteiger partial charge in [-0.25, -0.2) is 9.78 Å². The molecule has 2 aromatic carbocycles. The summed E-state index contributed by atoms with van der Waals surface area (Å²) in [6.07, 6.45) is 1.32. The maximum atomic E-state index is 13.3. The summed E-state index contributed by atoms with van der Waals surface area (Å²) in [5, 5.41) is 0. The Morgan fingerprint density at radius 1 is 0.946 bits per heavy atom. The van der Waals surface area contributed by atoms with Gasteiger partial charge in [-0.3, -0.25) is 4.79 Å². The molecule has 8 nitrogen and oxygen atoms in total. The summed E-state index contributed by atoms with van der Waals surface area (Å²) in [4.78, 5) is 36.7. The summed E-state index contributed by atoms with van der Waals surface area (Å²) in [5.41, 5.74) is 3.80. The second-order valence-corrected chi connectivity index (χ2v) is 11.1. The van der Waals surface area contributed by atoms with Crippen LogP contribution in [-0.4, -0.2) is 76.2 Å². The van der Waals surface area contributed by atoms with E-state index in [1.54, 1.807) is 4.90 Å². The first kappa shape index (κ1) is 25.1. The minimum absolute atomic E-state index is 0.154. The minimum Gasteiger partial charge on any atom is -0.444 e. The number of amides is 2. The summed E-state index contributed by atoms with van der Waals surface area (Å²) < 4.78 is 7.66. The monoisotopic (exact) mass is 503 g/mol. The second-order valence-electron chi connectivity index (χ2n) is 11.1. The van der Waals surface area contributed by atoms with Crippen molar-refractivity contribution in [3.05, 3.63) is 48.5 Å². The lowest BCUT2D eigenvalue weighted by atomic mass is 9.96. The van der Waals surface area contributed by atoms with Crippen molar-refractivity contribution in [1.29, 1.82) is 0 Å². The van der Waals surface area contributed by atoms with E-state index in [1.807, 2.05) is 43.9 Å². The number of hydrogen-bond acceptors (Lipinski definition) is 5. The van der Waals surface area contributed by atoms with Gasteiger partial charge < -0.3 is 24.0 Å². The van der Waals surface area contributed by atoms with Crippen molar-refractivity contribution < 1.29 is 14.3 Å². The lowest BCUT2D eigenvalue weighted by molar-refractivity contribution is -0.137. The van der Waals surface area contributed by atoms with E-state index in [0.717, 1.165) is 54.0 Å². The first-order valence-electron chi connectivity index (χ1n) is 13.2. The topological polar surface area (TPSA) is 70.9 Å². The average Bonchev–Trinajstić information content (AvgIpc) is 3.24. The van der Waals surface area contributed by atoms with Crippen molar-refractivity contribution in [3.63, 3.8) is 0 Å². The number of benzene rings is 2. The highest BCUT2D eigenvalue weighted by Gasteiger charge is 2.34. The Kier molecular flexibility index (Phi) is 6.84. The second kappa shape index (κ2) is 10.1. The predicted molar refractivity (Wildman–Crippen MR) is 145 cm³/mol. The van der Waals surface area contributed by atoms with Crippen LogP contribution >= 0.6 is 0 Å². The zero-order chi connectivity index (χ0) is 26.2. The molecule has 37 heavy (non-hydrogen) atoms. The van der Waals surface area contributed by atoms with Crippen molar-refractivity contribution in [2.45, 2.75) is 39.2 Å². The molecule has 1 aromatic heterocycles. The molecule has 196 valence electrons. The van der Waals surface area contributed by atoms with Crippen LogP contribution in [0.1, 0.15) is 33.6 Å². The van der Waals surface area contributed by atoms with Gasteiger partial charge >= 0.3 is 6.09 Å². The largest absolute Gasteiger partial charge is 0.444 e. The van der Waals surface area contributed by atoms with E-state index in [9.17, 15) is 9.59 Å². The fourth-order valence-corrected chi connectivity index (χ4v) is 5.36. The fourth-order valence-electron chi connectivity index (χ4n) is 5.36. The first-order valence-corrected chi connectivity index (χ1v) is 13.2. The normalized spacial score (nSPS) is 18.8. The summed E-state index contributed by atoms with van der Waals surface area (Å²) in [5.74, 6) is 0.943. The Morgan fingerprint density at radius 3 is 2.43 bits per heavy atom. The zero-order valence-electron chi connectivity index (χ0n) is 22.3. The first-order chi connectivity index (χ1) is 17.7. The van der Waals surface area contributed by atoms with Crippen molar-refractivity contribution in [1.82, 2.24) is 19.4 Å². The number of hydrogen-bond donors (Lipinski definition) is 0. The van der Waals surface area contributed by atoms with Crippen molar-refractivity contribution in [2.75, 3.05) is 44.2 Å². The van der Waals surface area contributed by atoms with Gasteiger partial charge in [-0.2, -0.15) is 0 Å². The number of rotatable bonds is 3. The molecule has 2 saturated heterocycles. The van der Waals surface area contributed by atoms with E-state index < -0.39 is 5.60 Å². The van der Waals surface area contributed by atoms with Crippen LogP contribution in [0.2, 0.25) is 0 Å². The smallest absolute Gasteiger partial charge is 0.410 e. The van der Waals surface area contributed by atoms with E-state index in [1.165, 1.54) is 0 Å². The molecular weight excluding hydrogens is 466 g/mol. The quantitative estimate of drug-likeness (QED) is 0.525. The van der Waals surface area contributed by atoms with Gasteiger partial charge in [0.05, 0.1) is 17.0 Å². The van der Waals surface area contributed by atoms with Crippen LogP contribution in [0.15, 0.2) is 48.5 Å². The van der Waals surface area contributed by atoms with Gasteiger partial charge in [-0.05, 0) is 57.9 Å². The van der Waals surface area contributed by atoms with Gasteiger partial charge in [0.2, 0.25) is 5.91 Å². The molecule has 0 saturated carbocycles. The maximum Gasteiger partial charge on any atom is 0.410 e.